The number of nitrogens with zero attached hydrogens (tertiary/aromatic N) is 1. The number of hydrogen-bond donors (Lipinski definition) is 0. The first-order valence-electron chi connectivity index (χ1n) is 14.9. The quantitative estimate of drug-likeness (QED) is 0.175. The lowest BCUT2D eigenvalue weighted by molar-refractivity contribution is -2.00. The maximum absolute atomic E-state index is 13.7. The Kier molecular flexibility index (Phi) is 11.2. The number of pyridine rings is 1. The smallest absolute Gasteiger partial charge is 0.318 e. The van der Waals surface area contributed by atoms with Gasteiger partial charge in [-0.15, -0.1) is 10.2 Å². The third kappa shape index (κ3) is 9.43. The van der Waals surface area contributed by atoms with E-state index >= 15 is 0 Å². The fourth-order valence-electron chi connectivity index (χ4n) is 5.43. The number of carbonyl (C=O) groups excluding carboxylic acids is 1. The van der Waals surface area contributed by atoms with Gasteiger partial charge in [0, 0.05) is 23.3 Å². The van der Waals surface area contributed by atoms with Crippen LogP contribution in [0.25, 0.3) is 33.6 Å². The van der Waals surface area contributed by atoms with Gasteiger partial charge in [-0.3, -0.25) is 4.79 Å². The number of benzene rings is 5. The van der Waals surface area contributed by atoms with Crippen LogP contribution < -0.4 is 23.2 Å². The minimum atomic E-state index is -4.94. The topological polar surface area (TPSA) is 122 Å². The fraction of sp³-hybridized carbons (Fsp3) is 0.0769. The third-order valence-corrected chi connectivity index (χ3v) is 7.47. The largest absolute Gasteiger partial charge is 0.458 e. The molecule has 6 aromatic rings. The van der Waals surface area contributed by atoms with E-state index in [1.165, 1.54) is 0 Å². The summed E-state index contributed by atoms with van der Waals surface area (Å²) in [5, 5.41) is 0. The van der Waals surface area contributed by atoms with Gasteiger partial charge in [-0.25, -0.2) is 18.6 Å². The van der Waals surface area contributed by atoms with Gasteiger partial charge in [0.2, 0.25) is 11.4 Å². The van der Waals surface area contributed by atoms with Gasteiger partial charge in [-0.1, -0.05) is 127 Å². The Hall–Kier alpha value is -5.15. The third-order valence-electron chi connectivity index (χ3n) is 7.47. The SMILES string of the molecule is O=C(OCC[n+]1c(-c2ccccc2)cc(-c2ccccc2)cc1-c1ccccc1)C(c1ccccc1)c1ccccc1.[O-][Cl+3]([O-])([O-])[O-]. The number of aromatic nitrogens is 1. The van der Waals surface area contributed by atoms with Gasteiger partial charge < -0.3 is 4.74 Å². The molecule has 8 heteroatoms. The first-order chi connectivity index (χ1) is 22.8. The van der Waals surface area contributed by atoms with Crippen molar-refractivity contribution in [3.8, 4) is 33.6 Å². The summed E-state index contributed by atoms with van der Waals surface area (Å²) in [6.45, 7) is 0.746. The molecule has 0 atom stereocenters. The molecule has 1 aromatic heterocycles. The number of hydrogen-bond acceptors (Lipinski definition) is 6. The zero-order chi connectivity index (χ0) is 33.1. The van der Waals surface area contributed by atoms with Crippen LogP contribution in [0.1, 0.15) is 17.0 Å². The zero-order valence-corrected chi connectivity index (χ0v) is 26.1. The Balaban J connectivity index is 0.000000807. The highest BCUT2D eigenvalue weighted by atomic mass is 35.7. The van der Waals surface area contributed by atoms with E-state index in [4.69, 9.17) is 23.4 Å². The first kappa shape index (κ1) is 33.2. The normalized spacial score (nSPS) is 11.0. The molecule has 6 rings (SSSR count). The summed E-state index contributed by atoms with van der Waals surface area (Å²) < 4.78 is 42.3. The molecule has 5 aromatic carbocycles. The Bertz CT molecular complexity index is 1740. The summed E-state index contributed by atoms with van der Waals surface area (Å²) in [4.78, 5) is 13.7. The van der Waals surface area contributed by atoms with Crippen LogP contribution in [-0.2, 0) is 16.1 Å². The summed E-state index contributed by atoms with van der Waals surface area (Å²) in [6.07, 6.45) is 0. The summed E-state index contributed by atoms with van der Waals surface area (Å²) >= 11 is 0. The molecule has 7 nitrogen and oxygen atoms in total. The molecule has 0 amide bonds. The van der Waals surface area contributed by atoms with Gasteiger partial charge in [0.1, 0.15) is 5.92 Å². The molecular weight excluding hydrogens is 614 g/mol. The van der Waals surface area contributed by atoms with E-state index in [-0.39, 0.29) is 12.6 Å². The summed E-state index contributed by atoms with van der Waals surface area (Å²) in [5.74, 6) is -0.739. The zero-order valence-electron chi connectivity index (χ0n) is 25.4. The van der Waals surface area contributed by atoms with Crippen molar-refractivity contribution in [2.75, 3.05) is 6.61 Å². The molecule has 0 unspecified atom stereocenters. The molecule has 0 aliphatic carbocycles. The molecule has 0 spiro atoms. The molecule has 0 radical (unpaired) electrons. The van der Waals surface area contributed by atoms with Gasteiger partial charge >= 0.3 is 5.97 Å². The lowest BCUT2D eigenvalue weighted by atomic mass is 9.91. The van der Waals surface area contributed by atoms with Crippen LogP contribution in [0.5, 0.6) is 0 Å². The van der Waals surface area contributed by atoms with Crippen molar-refractivity contribution < 1.29 is 43.0 Å². The highest BCUT2D eigenvalue weighted by molar-refractivity contribution is 5.82. The maximum atomic E-state index is 13.7. The van der Waals surface area contributed by atoms with Crippen molar-refractivity contribution in [3.63, 3.8) is 0 Å². The van der Waals surface area contributed by atoms with E-state index < -0.39 is 16.2 Å². The lowest BCUT2D eigenvalue weighted by Crippen LogP contribution is -2.68. The van der Waals surface area contributed by atoms with Crippen molar-refractivity contribution in [2.45, 2.75) is 12.5 Å². The standard InChI is InChI=1S/C39H32NO2.ClHO4/c41-39(38(33-22-12-4-13-23-33)34-24-14-5-15-25-34)42-27-26-40-36(31-18-8-2-9-19-31)28-35(30-16-6-1-7-17-30)29-37(40)32-20-10-3-11-21-32;2-1(3,4)5/h1-25,28-29,38H,26-27H2;(H,2,3,4,5)/q+1;/p-1. The monoisotopic (exact) mass is 645 g/mol. The fourth-order valence-corrected chi connectivity index (χ4v) is 5.43. The Labute approximate surface area is 276 Å². The van der Waals surface area contributed by atoms with Crippen molar-refractivity contribution in [1.82, 2.24) is 0 Å². The molecule has 0 saturated heterocycles. The van der Waals surface area contributed by atoms with Crippen molar-refractivity contribution in [1.29, 1.82) is 0 Å². The average molecular weight is 646 g/mol. The van der Waals surface area contributed by atoms with Crippen molar-refractivity contribution in [3.05, 3.63) is 175 Å². The van der Waals surface area contributed by atoms with Crippen LogP contribution in [0.4, 0.5) is 0 Å². The van der Waals surface area contributed by atoms with Crippen molar-refractivity contribution >= 4 is 5.97 Å². The van der Waals surface area contributed by atoms with Crippen LogP contribution in [-0.4, -0.2) is 12.6 Å². The average Bonchev–Trinajstić information content (AvgIpc) is 3.10. The van der Waals surface area contributed by atoms with E-state index in [1.807, 2.05) is 78.9 Å². The molecule has 0 bridgehead atoms. The van der Waals surface area contributed by atoms with E-state index in [2.05, 4.69) is 89.5 Å². The summed E-state index contributed by atoms with van der Waals surface area (Å²) in [6, 6.07) is 55.4. The van der Waals surface area contributed by atoms with E-state index in [9.17, 15) is 4.79 Å². The first-order valence-corrected chi connectivity index (χ1v) is 16.1. The Morgan fingerprint density at radius 1 is 0.532 bits per heavy atom. The Morgan fingerprint density at radius 2 is 0.872 bits per heavy atom. The minimum Gasteiger partial charge on any atom is -0.458 e. The second-order valence-electron chi connectivity index (χ2n) is 10.6. The number of carbonyl (C=O) groups is 1. The van der Waals surface area contributed by atoms with E-state index in [1.54, 1.807) is 0 Å². The predicted octanol–water partition coefficient (Wildman–Crippen LogP) is 3.59. The van der Waals surface area contributed by atoms with Crippen molar-refractivity contribution in [2.24, 2.45) is 0 Å². The summed E-state index contributed by atoms with van der Waals surface area (Å²) in [7, 11) is -4.94. The number of ether oxygens (including phenoxy) is 1. The van der Waals surface area contributed by atoms with Gasteiger partial charge in [0.05, 0.1) is 0 Å². The lowest BCUT2D eigenvalue weighted by Gasteiger charge is -2.17. The maximum Gasteiger partial charge on any atom is 0.318 e. The predicted molar refractivity (Wildman–Crippen MR) is 169 cm³/mol. The van der Waals surface area contributed by atoms with Gasteiger partial charge in [0.25, 0.3) is 0 Å². The molecule has 1 heterocycles. The second kappa shape index (κ2) is 15.9. The van der Waals surface area contributed by atoms with Crippen LogP contribution in [0.15, 0.2) is 164 Å². The van der Waals surface area contributed by atoms with E-state index in [0.717, 1.165) is 44.8 Å². The van der Waals surface area contributed by atoms with E-state index in [0.29, 0.717) is 6.54 Å². The second-order valence-corrected chi connectivity index (χ2v) is 11.3. The number of halogens is 1. The number of rotatable bonds is 9. The molecule has 236 valence electrons. The molecule has 0 saturated carbocycles. The molecule has 47 heavy (non-hydrogen) atoms. The van der Waals surface area contributed by atoms with Crippen LogP contribution in [0, 0.1) is 10.2 Å². The van der Waals surface area contributed by atoms with Crippen LogP contribution in [0.3, 0.4) is 0 Å². The molecule has 0 N–H and O–H groups in total. The van der Waals surface area contributed by atoms with Gasteiger partial charge in [-0.05, 0) is 46.5 Å². The summed E-state index contributed by atoms with van der Waals surface area (Å²) in [5.41, 5.74) is 8.46. The molecule has 0 aliphatic rings. The Morgan fingerprint density at radius 3 is 1.26 bits per heavy atom. The highest BCUT2D eigenvalue weighted by Gasteiger charge is 2.26. The number of esters is 1. The molecular formula is C39H32ClNO6. The van der Waals surface area contributed by atoms with Crippen LogP contribution >= 0.6 is 0 Å². The van der Waals surface area contributed by atoms with Gasteiger partial charge in [0.15, 0.2) is 13.2 Å². The van der Waals surface area contributed by atoms with Crippen LogP contribution in [0.2, 0.25) is 0 Å². The highest BCUT2D eigenvalue weighted by Crippen LogP contribution is 2.30. The molecule has 0 aliphatic heterocycles. The molecule has 0 fully saturated rings. The van der Waals surface area contributed by atoms with Gasteiger partial charge in [-0.2, -0.15) is 4.57 Å². The minimum absolute atomic E-state index is 0.240.